The van der Waals surface area contributed by atoms with E-state index >= 15 is 0 Å². The topological polar surface area (TPSA) is 77.2 Å². The van der Waals surface area contributed by atoms with Crippen LogP contribution in [0.15, 0.2) is 22.7 Å². The van der Waals surface area contributed by atoms with Gasteiger partial charge in [0.15, 0.2) is 0 Å². The van der Waals surface area contributed by atoms with Gasteiger partial charge in [-0.3, -0.25) is 0 Å². The van der Waals surface area contributed by atoms with E-state index in [1.54, 1.807) is 0 Å². The Morgan fingerprint density at radius 2 is 2.38 bits per heavy atom. The molecule has 1 amide bonds. The number of methoxy groups -OCH3 is 1. The molecular formula is C15H17N3O3. The SMILES string of the molecule is CCc1nc(-c2ccc3c(c2)CC[C@H]3NC(=O)OC)no1. The van der Waals surface area contributed by atoms with Crippen molar-refractivity contribution in [3.05, 3.63) is 35.2 Å². The first kappa shape index (κ1) is 13.6. The van der Waals surface area contributed by atoms with E-state index in [0.717, 1.165) is 30.4 Å². The van der Waals surface area contributed by atoms with Crippen molar-refractivity contribution in [1.29, 1.82) is 0 Å². The number of fused-ring (bicyclic) bond motifs is 1. The third kappa shape index (κ3) is 2.61. The zero-order valence-electron chi connectivity index (χ0n) is 12.0. The van der Waals surface area contributed by atoms with Gasteiger partial charge in [0.05, 0.1) is 13.2 Å². The molecule has 0 bridgehead atoms. The summed E-state index contributed by atoms with van der Waals surface area (Å²) >= 11 is 0. The Labute approximate surface area is 122 Å². The second-order valence-electron chi connectivity index (χ2n) is 5.01. The maximum atomic E-state index is 11.3. The second-order valence-corrected chi connectivity index (χ2v) is 5.01. The molecule has 21 heavy (non-hydrogen) atoms. The van der Waals surface area contributed by atoms with Gasteiger partial charge in [-0.05, 0) is 30.0 Å². The molecule has 0 saturated carbocycles. The number of hydrogen-bond donors (Lipinski definition) is 1. The number of benzene rings is 1. The minimum Gasteiger partial charge on any atom is -0.453 e. The van der Waals surface area contributed by atoms with Gasteiger partial charge in [0.1, 0.15) is 0 Å². The standard InChI is InChI=1S/C15H17N3O3/c1-3-13-17-14(18-21-13)10-4-6-11-9(8-10)5-7-12(11)16-15(19)20-2/h4,6,8,12H,3,5,7H2,1-2H3,(H,16,19)/t12-/m1/s1. The number of ether oxygens (including phenoxy) is 1. The minimum atomic E-state index is -0.400. The van der Waals surface area contributed by atoms with E-state index in [9.17, 15) is 4.79 Å². The molecule has 2 aromatic rings. The highest BCUT2D eigenvalue weighted by Gasteiger charge is 2.25. The first-order valence-electron chi connectivity index (χ1n) is 7.01. The van der Waals surface area contributed by atoms with E-state index in [1.165, 1.54) is 12.7 Å². The number of hydrogen-bond acceptors (Lipinski definition) is 5. The molecule has 1 heterocycles. The average Bonchev–Trinajstić information content (AvgIpc) is 3.13. The third-order valence-electron chi connectivity index (χ3n) is 3.73. The van der Waals surface area contributed by atoms with Crippen LogP contribution in [-0.2, 0) is 17.6 Å². The highest BCUT2D eigenvalue weighted by molar-refractivity contribution is 5.68. The van der Waals surface area contributed by atoms with E-state index in [2.05, 4.69) is 26.3 Å². The lowest BCUT2D eigenvalue weighted by Crippen LogP contribution is -2.26. The molecule has 0 unspecified atom stereocenters. The number of nitrogens with one attached hydrogen (secondary N) is 1. The lowest BCUT2D eigenvalue weighted by atomic mass is 10.0. The Morgan fingerprint density at radius 3 is 3.10 bits per heavy atom. The molecule has 0 fully saturated rings. The van der Waals surface area contributed by atoms with Crippen LogP contribution >= 0.6 is 0 Å². The number of alkyl carbamates (subject to hydrolysis) is 1. The first-order chi connectivity index (χ1) is 10.2. The van der Waals surface area contributed by atoms with E-state index in [4.69, 9.17) is 4.52 Å². The van der Waals surface area contributed by atoms with Gasteiger partial charge in [0.25, 0.3) is 0 Å². The van der Waals surface area contributed by atoms with Crippen LogP contribution in [0.2, 0.25) is 0 Å². The van der Waals surface area contributed by atoms with Gasteiger partial charge in [-0.15, -0.1) is 0 Å². The smallest absolute Gasteiger partial charge is 0.407 e. The van der Waals surface area contributed by atoms with E-state index in [0.29, 0.717) is 11.7 Å². The number of carbonyl (C=O) groups excluding carboxylic acids is 1. The maximum absolute atomic E-state index is 11.3. The molecule has 1 atom stereocenters. The van der Waals surface area contributed by atoms with Crippen molar-refractivity contribution in [1.82, 2.24) is 15.5 Å². The van der Waals surface area contributed by atoms with Crippen molar-refractivity contribution < 1.29 is 14.1 Å². The predicted octanol–water partition coefficient (Wildman–Crippen LogP) is 2.64. The molecule has 110 valence electrons. The summed E-state index contributed by atoms with van der Waals surface area (Å²) in [5, 5.41) is 6.83. The first-order valence-corrected chi connectivity index (χ1v) is 7.01. The van der Waals surface area contributed by atoms with Gasteiger partial charge in [-0.2, -0.15) is 4.98 Å². The second kappa shape index (κ2) is 5.55. The molecule has 6 nitrogen and oxygen atoms in total. The van der Waals surface area contributed by atoms with Crippen LogP contribution in [0.5, 0.6) is 0 Å². The van der Waals surface area contributed by atoms with Crippen molar-refractivity contribution in [3.8, 4) is 11.4 Å². The molecule has 1 aromatic carbocycles. The van der Waals surface area contributed by atoms with Gasteiger partial charge >= 0.3 is 6.09 Å². The third-order valence-corrected chi connectivity index (χ3v) is 3.73. The van der Waals surface area contributed by atoms with Crippen molar-refractivity contribution in [3.63, 3.8) is 0 Å². The van der Waals surface area contributed by atoms with E-state index < -0.39 is 6.09 Å². The summed E-state index contributed by atoms with van der Waals surface area (Å²) in [6.07, 6.45) is 2.11. The Balaban J connectivity index is 1.84. The number of aromatic nitrogens is 2. The fraction of sp³-hybridized carbons (Fsp3) is 0.400. The van der Waals surface area contributed by atoms with Crippen molar-refractivity contribution >= 4 is 6.09 Å². The quantitative estimate of drug-likeness (QED) is 0.939. The fourth-order valence-electron chi connectivity index (χ4n) is 2.62. The molecule has 0 radical (unpaired) electrons. The zero-order chi connectivity index (χ0) is 14.8. The summed E-state index contributed by atoms with van der Waals surface area (Å²) < 4.78 is 9.79. The Morgan fingerprint density at radius 1 is 1.52 bits per heavy atom. The summed E-state index contributed by atoms with van der Waals surface area (Å²) in [7, 11) is 1.37. The molecule has 1 aliphatic rings. The number of amides is 1. The summed E-state index contributed by atoms with van der Waals surface area (Å²) in [5.74, 6) is 1.25. The van der Waals surface area contributed by atoms with Gasteiger partial charge in [-0.1, -0.05) is 24.2 Å². The number of aryl methyl sites for hydroxylation is 2. The number of rotatable bonds is 3. The molecule has 6 heteroatoms. The van der Waals surface area contributed by atoms with Crippen LogP contribution in [-0.4, -0.2) is 23.3 Å². The highest BCUT2D eigenvalue weighted by atomic mass is 16.5. The summed E-state index contributed by atoms with van der Waals surface area (Å²) in [6, 6.07) is 6.05. The van der Waals surface area contributed by atoms with Crippen LogP contribution in [0, 0.1) is 0 Å². The van der Waals surface area contributed by atoms with E-state index in [1.807, 2.05) is 19.1 Å². The summed E-state index contributed by atoms with van der Waals surface area (Å²) in [6.45, 7) is 1.98. The van der Waals surface area contributed by atoms with Crippen LogP contribution in [0.3, 0.4) is 0 Å². The monoisotopic (exact) mass is 287 g/mol. The van der Waals surface area contributed by atoms with Crippen molar-refractivity contribution in [2.45, 2.75) is 32.2 Å². The molecule has 0 aliphatic heterocycles. The Kier molecular flexibility index (Phi) is 3.60. The average molecular weight is 287 g/mol. The van der Waals surface area contributed by atoms with Gasteiger partial charge in [0, 0.05) is 12.0 Å². The molecule has 1 aromatic heterocycles. The van der Waals surface area contributed by atoms with Crippen molar-refractivity contribution in [2.24, 2.45) is 0 Å². The molecule has 1 aliphatic carbocycles. The van der Waals surface area contributed by atoms with Crippen LogP contribution < -0.4 is 5.32 Å². The minimum absolute atomic E-state index is 0.0120. The van der Waals surface area contributed by atoms with Gasteiger partial charge in [0.2, 0.25) is 11.7 Å². The van der Waals surface area contributed by atoms with Crippen LogP contribution in [0.25, 0.3) is 11.4 Å². The number of carbonyl (C=O) groups is 1. The van der Waals surface area contributed by atoms with Gasteiger partial charge < -0.3 is 14.6 Å². The number of nitrogens with zero attached hydrogens (tertiary/aromatic N) is 2. The van der Waals surface area contributed by atoms with E-state index in [-0.39, 0.29) is 6.04 Å². The maximum Gasteiger partial charge on any atom is 0.407 e. The molecule has 0 saturated heterocycles. The highest BCUT2D eigenvalue weighted by Crippen LogP contribution is 2.33. The lowest BCUT2D eigenvalue weighted by Gasteiger charge is -2.13. The molecule has 3 rings (SSSR count). The Hall–Kier alpha value is -2.37. The lowest BCUT2D eigenvalue weighted by molar-refractivity contribution is 0.166. The summed E-state index contributed by atoms with van der Waals surface area (Å²) in [5.41, 5.74) is 3.27. The Bertz CT molecular complexity index is 666. The molecule has 1 N–H and O–H groups in total. The fourth-order valence-corrected chi connectivity index (χ4v) is 2.62. The molecular weight excluding hydrogens is 270 g/mol. The van der Waals surface area contributed by atoms with Crippen molar-refractivity contribution in [2.75, 3.05) is 7.11 Å². The summed E-state index contributed by atoms with van der Waals surface area (Å²) in [4.78, 5) is 15.7. The zero-order valence-corrected chi connectivity index (χ0v) is 12.0. The largest absolute Gasteiger partial charge is 0.453 e. The molecule has 0 spiro atoms. The normalized spacial score (nSPS) is 16.6. The van der Waals surface area contributed by atoms with Gasteiger partial charge in [-0.25, -0.2) is 4.79 Å². The predicted molar refractivity (Wildman–Crippen MR) is 75.7 cm³/mol. The van der Waals surface area contributed by atoms with Crippen LogP contribution in [0.1, 0.15) is 36.4 Å². The van der Waals surface area contributed by atoms with Crippen LogP contribution in [0.4, 0.5) is 4.79 Å².